The fraction of sp³-hybridized carbons (Fsp3) is 0.833. The number of ether oxygens (including phenoxy) is 1. The average Bonchev–Trinajstić information content (AvgIpc) is 1.87. The summed E-state index contributed by atoms with van der Waals surface area (Å²) in [5.41, 5.74) is 0. The summed E-state index contributed by atoms with van der Waals surface area (Å²) in [6.45, 7) is 0.959. The van der Waals surface area contributed by atoms with Crippen molar-refractivity contribution in [2.24, 2.45) is 0 Å². The number of rotatable bonds is 6. The Morgan fingerprint density at radius 2 is 2.20 bits per heavy atom. The first-order chi connectivity index (χ1) is 4.77. The molecule has 0 amide bonds. The standard InChI is InChI=1S/C6H11BrO3/c7-3-1-4-10-5-2-6(8)9/h1-5H2,(H,8,9). The number of carbonyl (C=O) groups is 1. The summed E-state index contributed by atoms with van der Waals surface area (Å²) >= 11 is 3.23. The van der Waals surface area contributed by atoms with Crippen molar-refractivity contribution in [1.82, 2.24) is 0 Å². The van der Waals surface area contributed by atoms with Crippen LogP contribution >= 0.6 is 15.9 Å². The number of aliphatic carboxylic acids is 1. The van der Waals surface area contributed by atoms with E-state index >= 15 is 0 Å². The lowest BCUT2D eigenvalue weighted by atomic mass is 10.4. The van der Waals surface area contributed by atoms with E-state index in [1.807, 2.05) is 0 Å². The van der Waals surface area contributed by atoms with Gasteiger partial charge in [-0.3, -0.25) is 4.79 Å². The molecular weight excluding hydrogens is 200 g/mol. The van der Waals surface area contributed by atoms with Gasteiger partial charge < -0.3 is 9.84 Å². The van der Waals surface area contributed by atoms with Crippen LogP contribution in [0.3, 0.4) is 0 Å². The normalized spacial score (nSPS) is 9.70. The van der Waals surface area contributed by atoms with Crippen LogP contribution in [0.2, 0.25) is 0 Å². The lowest BCUT2D eigenvalue weighted by Crippen LogP contribution is -2.03. The summed E-state index contributed by atoms with van der Waals surface area (Å²) in [5.74, 6) is -0.807. The maximum absolute atomic E-state index is 9.94. The second kappa shape index (κ2) is 7.02. The van der Waals surface area contributed by atoms with Gasteiger partial charge in [0.1, 0.15) is 0 Å². The largest absolute Gasteiger partial charge is 0.481 e. The maximum Gasteiger partial charge on any atom is 0.305 e. The third-order valence-electron chi connectivity index (χ3n) is 0.883. The molecule has 0 rings (SSSR count). The fourth-order valence-electron chi connectivity index (χ4n) is 0.418. The molecule has 0 atom stereocenters. The van der Waals surface area contributed by atoms with E-state index in [9.17, 15) is 4.79 Å². The molecule has 0 aliphatic heterocycles. The Kier molecular flexibility index (Phi) is 6.96. The van der Waals surface area contributed by atoms with Crippen LogP contribution in [-0.4, -0.2) is 29.6 Å². The smallest absolute Gasteiger partial charge is 0.305 e. The van der Waals surface area contributed by atoms with E-state index < -0.39 is 5.97 Å². The lowest BCUT2D eigenvalue weighted by Gasteiger charge is -1.98. The molecule has 0 aromatic carbocycles. The van der Waals surface area contributed by atoms with Gasteiger partial charge >= 0.3 is 5.97 Å². The monoisotopic (exact) mass is 210 g/mol. The topological polar surface area (TPSA) is 46.5 Å². The van der Waals surface area contributed by atoms with E-state index in [0.29, 0.717) is 13.2 Å². The van der Waals surface area contributed by atoms with Crippen LogP contribution in [0, 0.1) is 0 Å². The molecule has 3 nitrogen and oxygen atoms in total. The summed E-state index contributed by atoms with van der Waals surface area (Å²) in [6.07, 6.45) is 1.03. The summed E-state index contributed by atoms with van der Waals surface area (Å²) in [6, 6.07) is 0. The van der Waals surface area contributed by atoms with Crippen LogP contribution < -0.4 is 0 Å². The molecule has 0 saturated carbocycles. The van der Waals surface area contributed by atoms with Crippen LogP contribution in [0.15, 0.2) is 0 Å². The molecule has 0 radical (unpaired) electrons. The Bertz CT molecular complexity index is 95.0. The molecule has 0 unspecified atom stereocenters. The molecule has 0 saturated heterocycles. The van der Waals surface area contributed by atoms with Gasteiger partial charge in [-0.2, -0.15) is 0 Å². The number of hydrogen-bond donors (Lipinski definition) is 1. The van der Waals surface area contributed by atoms with Gasteiger partial charge in [0.25, 0.3) is 0 Å². The minimum atomic E-state index is -0.807. The van der Waals surface area contributed by atoms with Gasteiger partial charge in [0.2, 0.25) is 0 Å². The molecule has 1 N–H and O–H groups in total. The zero-order valence-electron chi connectivity index (χ0n) is 5.68. The summed E-state index contributed by atoms with van der Waals surface area (Å²) in [4.78, 5) is 9.94. The molecule has 0 aliphatic rings. The number of hydrogen-bond acceptors (Lipinski definition) is 2. The zero-order valence-corrected chi connectivity index (χ0v) is 7.26. The highest BCUT2D eigenvalue weighted by Gasteiger charge is 1.94. The van der Waals surface area contributed by atoms with Crippen molar-refractivity contribution in [3.8, 4) is 0 Å². The Labute approximate surface area is 68.5 Å². The van der Waals surface area contributed by atoms with Gasteiger partial charge in [0, 0.05) is 11.9 Å². The third-order valence-corrected chi connectivity index (χ3v) is 1.44. The van der Waals surface area contributed by atoms with E-state index in [0.717, 1.165) is 11.8 Å². The van der Waals surface area contributed by atoms with Gasteiger partial charge in [-0.25, -0.2) is 0 Å². The summed E-state index contributed by atoms with van der Waals surface area (Å²) in [5, 5.41) is 9.08. The van der Waals surface area contributed by atoms with E-state index in [2.05, 4.69) is 15.9 Å². The molecule has 0 aromatic heterocycles. The van der Waals surface area contributed by atoms with Crippen molar-refractivity contribution in [3.63, 3.8) is 0 Å². The SMILES string of the molecule is O=C(O)CCOCCCBr. The van der Waals surface area contributed by atoms with Crippen LogP contribution in [0.25, 0.3) is 0 Å². The lowest BCUT2D eigenvalue weighted by molar-refractivity contribution is -0.138. The predicted octanol–water partition coefficient (Wildman–Crippen LogP) is 1.26. The molecule has 0 bridgehead atoms. The third kappa shape index (κ3) is 7.91. The van der Waals surface area contributed by atoms with Crippen LogP contribution in [0.5, 0.6) is 0 Å². The van der Waals surface area contributed by atoms with E-state index in [1.54, 1.807) is 0 Å². The van der Waals surface area contributed by atoms with Gasteiger partial charge in [-0.1, -0.05) is 15.9 Å². The Hall–Kier alpha value is -0.0900. The van der Waals surface area contributed by atoms with Gasteiger partial charge in [0.05, 0.1) is 13.0 Å². The second-order valence-electron chi connectivity index (χ2n) is 1.80. The second-order valence-corrected chi connectivity index (χ2v) is 2.59. The number of carboxylic acid groups (broad SMARTS) is 1. The molecule has 4 heteroatoms. The molecule has 0 spiro atoms. The molecule has 0 fully saturated rings. The fourth-order valence-corrected chi connectivity index (χ4v) is 0.647. The highest BCUT2D eigenvalue weighted by molar-refractivity contribution is 9.09. The highest BCUT2D eigenvalue weighted by atomic mass is 79.9. The molecule has 0 heterocycles. The van der Waals surface area contributed by atoms with Crippen molar-refractivity contribution < 1.29 is 14.6 Å². The van der Waals surface area contributed by atoms with Crippen molar-refractivity contribution >= 4 is 21.9 Å². The number of halogens is 1. The van der Waals surface area contributed by atoms with Crippen LogP contribution in [0.1, 0.15) is 12.8 Å². The molecule has 10 heavy (non-hydrogen) atoms. The highest BCUT2D eigenvalue weighted by Crippen LogP contribution is 1.89. The predicted molar refractivity (Wildman–Crippen MR) is 41.5 cm³/mol. The molecule has 0 aromatic rings. The van der Waals surface area contributed by atoms with Crippen LogP contribution in [0.4, 0.5) is 0 Å². The molecule has 0 aliphatic carbocycles. The minimum Gasteiger partial charge on any atom is -0.481 e. The van der Waals surface area contributed by atoms with Gasteiger partial charge in [-0.15, -0.1) is 0 Å². The minimum absolute atomic E-state index is 0.0995. The van der Waals surface area contributed by atoms with Crippen molar-refractivity contribution in [3.05, 3.63) is 0 Å². The first-order valence-corrected chi connectivity index (χ1v) is 4.25. The Balaban J connectivity index is 2.84. The zero-order chi connectivity index (χ0) is 7.82. The Morgan fingerprint density at radius 3 is 2.70 bits per heavy atom. The van der Waals surface area contributed by atoms with Crippen molar-refractivity contribution in [1.29, 1.82) is 0 Å². The van der Waals surface area contributed by atoms with Gasteiger partial charge in [-0.05, 0) is 6.42 Å². The van der Waals surface area contributed by atoms with Crippen molar-refractivity contribution in [2.45, 2.75) is 12.8 Å². The van der Waals surface area contributed by atoms with Crippen molar-refractivity contribution in [2.75, 3.05) is 18.5 Å². The Morgan fingerprint density at radius 1 is 1.50 bits per heavy atom. The average molecular weight is 211 g/mol. The van der Waals surface area contributed by atoms with E-state index in [-0.39, 0.29) is 6.42 Å². The maximum atomic E-state index is 9.94. The van der Waals surface area contributed by atoms with E-state index in [1.165, 1.54) is 0 Å². The summed E-state index contributed by atoms with van der Waals surface area (Å²) < 4.78 is 4.97. The van der Waals surface area contributed by atoms with Gasteiger partial charge in [0.15, 0.2) is 0 Å². The summed E-state index contributed by atoms with van der Waals surface area (Å²) in [7, 11) is 0. The quantitative estimate of drug-likeness (QED) is 0.531. The first kappa shape index (κ1) is 9.91. The molecule has 60 valence electrons. The number of carboxylic acids is 1. The molecular formula is C6H11BrO3. The van der Waals surface area contributed by atoms with E-state index in [4.69, 9.17) is 9.84 Å². The van der Waals surface area contributed by atoms with Crippen LogP contribution in [-0.2, 0) is 9.53 Å². The first-order valence-electron chi connectivity index (χ1n) is 3.13. The number of alkyl halides is 1.